The standard InChI is InChI=1S/C11H13N.C2H6/c1-3-7-11-10(4-2)8-5-6-9-12-11;1-2/h3-4,6-9H,2,5H2,1H3;1-2H3/b7-3-;. The molecule has 1 aliphatic heterocycles. The Hall–Kier alpha value is -1.37. The molecule has 0 aromatic heterocycles. The molecular weight excluding hydrogens is 170 g/mol. The Labute approximate surface area is 87.3 Å². The first-order valence-corrected chi connectivity index (χ1v) is 5.07. The van der Waals surface area contributed by atoms with Gasteiger partial charge in [0.25, 0.3) is 0 Å². The molecule has 0 aromatic rings. The van der Waals surface area contributed by atoms with Crippen molar-refractivity contribution in [1.82, 2.24) is 0 Å². The van der Waals surface area contributed by atoms with Gasteiger partial charge in [-0.15, -0.1) is 0 Å². The van der Waals surface area contributed by atoms with Crippen LogP contribution in [0.1, 0.15) is 27.2 Å². The number of allylic oxidation sites excluding steroid dienone is 6. The van der Waals surface area contributed by atoms with Crippen LogP contribution in [0.3, 0.4) is 0 Å². The molecular formula is C13H19N. The van der Waals surface area contributed by atoms with Crippen molar-refractivity contribution in [1.29, 1.82) is 0 Å². The van der Waals surface area contributed by atoms with Crippen LogP contribution in [0, 0.1) is 0 Å². The van der Waals surface area contributed by atoms with Crippen LogP contribution in [0.2, 0.25) is 0 Å². The van der Waals surface area contributed by atoms with Crippen LogP contribution in [-0.2, 0) is 0 Å². The molecule has 0 spiro atoms. The number of hydrogen-bond acceptors (Lipinski definition) is 1. The summed E-state index contributed by atoms with van der Waals surface area (Å²) in [7, 11) is 0. The normalized spacial score (nSPS) is 15.1. The minimum Gasteiger partial charge on any atom is -0.257 e. The van der Waals surface area contributed by atoms with Crippen molar-refractivity contribution < 1.29 is 0 Å². The molecule has 0 N–H and O–H groups in total. The Morgan fingerprint density at radius 3 is 2.71 bits per heavy atom. The Balaban J connectivity index is 0.000000791. The highest BCUT2D eigenvalue weighted by molar-refractivity contribution is 6.10. The summed E-state index contributed by atoms with van der Waals surface area (Å²) < 4.78 is 0. The molecule has 1 aliphatic rings. The summed E-state index contributed by atoms with van der Waals surface area (Å²) in [6.07, 6.45) is 12.7. The second kappa shape index (κ2) is 8.24. The molecule has 1 heteroatoms. The summed E-state index contributed by atoms with van der Waals surface area (Å²) in [6, 6.07) is 0. The zero-order valence-electron chi connectivity index (χ0n) is 9.33. The third-order valence-corrected chi connectivity index (χ3v) is 1.63. The minimum atomic E-state index is 0.936. The van der Waals surface area contributed by atoms with Crippen molar-refractivity contribution in [3.05, 3.63) is 48.7 Å². The first kappa shape index (κ1) is 12.6. The van der Waals surface area contributed by atoms with Gasteiger partial charge in [-0.2, -0.15) is 0 Å². The lowest BCUT2D eigenvalue weighted by Gasteiger charge is -1.97. The molecule has 1 nitrogen and oxygen atoms in total. The number of aliphatic imine (C=N–C) groups is 1. The van der Waals surface area contributed by atoms with Gasteiger partial charge in [-0.1, -0.05) is 44.7 Å². The molecule has 0 radical (unpaired) electrons. The van der Waals surface area contributed by atoms with Crippen LogP contribution >= 0.6 is 0 Å². The van der Waals surface area contributed by atoms with Crippen molar-refractivity contribution >= 4 is 5.71 Å². The molecule has 0 unspecified atom stereocenters. The molecule has 0 fully saturated rings. The van der Waals surface area contributed by atoms with Gasteiger partial charge in [-0.25, -0.2) is 0 Å². The first-order chi connectivity index (χ1) is 6.88. The predicted octanol–water partition coefficient (Wildman–Crippen LogP) is 4.06. The highest BCUT2D eigenvalue weighted by Gasteiger charge is 1.99. The maximum atomic E-state index is 4.27. The smallest absolute Gasteiger partial charge is 0.0695 e. The monoisotopic (exact) mass is 189 g/mol. The number of rotatable bonds is 2. The molecule has 0 amide bonds. The van der Waals surface area contributed by atoms with E-state index in [1.165, 1.54) is 0 Å². The lowest BCUT2D eigenvalue weighted by molar-refractivity contribution is 1.37. The van der Waals surface area contributed by atoms with Gasteiger partial charge in [-0.05, 0) is 25.0 Å². The van der Waals surface area contributed by atoms with Crippen LogP contribution in [0.5, 0.6) is 0 Å². The second-order valence-electron chi connectivity index (χ2n) is 2.50. The fourth-order valence-corrected chi connectivity index (χ4v) is 1.05. The largest absolute Gasteiger partial charge is 0.257 e. The average molecular weight is 189 g/mol. The molecule has 76 valence electrons. The lowest BCUT2D eigenvalue weighted by atomic mass is 10.1. The van der Waals surface area contributed by atoms with Crippen LogP contribution < -0.4 is 0 Å². The average Bonchev–Trinajstić information content (AvgIpc) is 2.47. The van der Waals surface area contributed by atoms with Gasteiger partial charge in [0, 0.05) is 6.20 Å². The maximum absolute atomic E-state index is 4.27. The fraction of sp³-hybridized carbons (Fsp3) is 0.308. The van der Waals surface area contributed by atoms with Crippen LogP contribution in [0.4, 0.5) is 0 Å². The predicted molar refractivity (Wildman–Crippen MR) is 65.6 cm³/mol. The van der Waals surface area contributed by atoms with Crippen molar-refractivity contribution in [2.45, 2.75) is 27.2 Å². The van der Waals surface area contributed by atoms with E-state index in [0.717, 1.165) is 17.7 Å². The van der Waals surface area contributed by atoms with E-state index in [0.29, 0.717) is 0 Å². The zero-order chi connectivity index (χ0) is 10.8. The molecule has 0 atom stereocenters. The highest BCUT2D eigenvalue weighted by Crippen LogP contribution is 2.08. The summed E-state index contributed by atoms with van der Waals surface area (Å²) in [5, 5.41) is 0. The lowest BCUT2D eigenvalue weighted by Crippen LogP contribution is -1.94. The third kappa shape index (κ3) is 4.04. The van der Waals surface area contributed by atoms with E-state index in [1.807, 2.05) is 51.3 Å². The molecule has 14 heavy (non-hydrogen) atoms. The van der Waals surface area contributed by atoms with Crippen molar-refractivity contribution in [3.8, 4) is 0 Å². The summed E-state index contributed by atoms with van der Waals surface area (Å²) in [4.78, 5) is 4.27. The summed E-state index contributed by atoms with van der Waals surface area (Å²) >= 11 is 0. The van der Waals surface area contributed by atoms with Gasteiger partial charge < -0.3 is 0 Å². The Morgan fingerprint density at radius 1 is 1.43 bits per heavy atom. The van der Waals surface area contributed by atoms with E-state index in [2.05, 4.69) is 17.6 Å². The van der Waals surface area contributed by atoms with Gasteiger partial charge in [0.15, 0.2) is 0 Å². The summed E-state index contributed by atoms with van der Waals surface area (Å²) in [5.74, 6) is 0. The van der Waals surface area contributed by atoms with E-state index >= 15 is 0 Å². The molecule has 0 bridgehead atoms. The highest BCUT2D eigenvalue weighted by atomic mass is 14.7. The van der Waals surface area contributed by atoms with Crippen molar-refractivity contribution in [3.63, 3.8) is 0 Å². The van der Waals surface area contributed by atoms with E-state index in [1.54, 1.807) is 0 Å². The van der Waals surface area contributed by atoms with Crippen molar-refractivity contribution in [2.24, 2.45) is 4.99 Å². The number of hydrogen-bond donors (Lipinski definition) is 0. The van der Waals surface area contributed by atoms with Crippen molar-refractivity contribution in [2.75, 3.05) is 0 Å². The van der Waals surface area contributed by atoms with Gasteiger partial charge in [0.05, 0.1) is 5.71 Å². The van der Waals surface area contributed by atoms with E-state index in [4.69, 9.17) is 0 Å². The van der Waals surface area contributed by atoms with Gasteiger partial charge in [0.1, 0.15) is 0 Å². The topological polar surface area (TPSA) is 12.4 Å². The molecule has 0 saturated carbocycles. The van der Waals surface area contributed by atoms with Gasteiger partial charge >= 0.3 is 0 Å². The SMILES string of the molecule is C=CC1=CCC=CN=C1/C=C\C.CC. The van der Waals surface area contributed by atoms with Gasteiger partial charge in [-0.3, -0.25) is 4.99 Å². The van der Waals surface area contributed by atoms with E-state index in [-0.39, 0.29) is 0 Å². The minimum absolute atomic E-state index is 0.936. The molecule has 0 saturated heterocycles. The quantitative estimate of drug-likeness (QED) is 0.621. The van der Waals surface area contributed by atoms with Crippen LogP contribution in [0.25, 0.3) is 0 Å². The van der Waals surface area contributed by atoms with E-state index in [9.17, 15) is 0 Å². The Kier molecular flexibility index (Phi) is 7.43. The Morgan fingerprint density at radius 2 is 2.14 bits per heavy atom. The van der Waals surface area contributed by atoms with Gasteiger partial charge in [0.2, 0.25) is 0 Å². The first-order valence-electron chi connectivity index (χ1n) is 5.07. The Bertz CT molecular complexity index is 278. The van der Waals surface area contributed by atoms with Crippen LogP contribution in [0.15, 0.2) is 53.7 Å². The molecule has 1 heterocycles. The second-order valence-corrected chi connectivity index (χ2v) is 2.50. The third-order valence-electron chi connectivity index (χ3n) is 1.63. The maximum Gasteiger partial charge on any atom is 0.0695 e. The molecule has 0 aromatic carbocycles. The number of nitrogens with zero attached hydrogens (tertiary/aromatic N) is 1. The molecule has 1 rings (SSSR count). The van der Waals surface area contributed by atoms with Crippen LogP contribution in [-0.4, -0.2) is 5.71 Å². The van der Waals surface area contributed by atoms with E-state index < -0.39 is 0 Å². The zero-order valence-corrected chi connectivity index (χ0v) is 9.33. The summed E-state index contributed by atoms with van der Waals surface area (Å²) in [5.41, 5.74) is 2.10. The summed E-state index contributed by atoms with van der Waals surface area (Å²) in [6.45, 7) is 9.73. The molecule has 0 aliphatic carbocycles. The fourth-order valence-electron chi connectivity index (χ4n) is 1.05.